The van der Waals surface area contributed by atoms with Crippen molar-refractivity contribution in [3.05, 3.63) is 104 Å². The van der Waals surface area contributed by atoms with Crippen LogP contribution in [0.1, 0.15) is 18.1 Å². The number of carbonyl (C=O) groups is 3. The fourth-order valence-corrected chi connectivity index (χ4v) is 5.32. The number of nitrogens with one attached hydrogen (secondary N) is 1. The van der Waals surface area contributed by atoms with Gasteiger partial charge in [0.1, 0.15) is 12.2 Å². The van der Waals surface area contributed by atoms with Crippen LogP contribution in [0.3, 0.4) is 0 Å². The molecule has 39 heavy (non-hydrogen) atoms. The van der Waals surface area contributed by atoms with Crippen molar-refractivity contribution in [3.63, 3.8) is 0 Å². The van der Waals surface area contributed by atoms with Crippen LogP contribution in [0, 0.1) is 3.57 Å². The molecule has 5 rings (SSSR count). The van der Waals surface area contributed by atoms with Crippen molar-refractivity contribution in [1.29, 1.82) is 0 Å². The summed E-state index contributed by atoms with van der Waals surface area (Å²) in [6, 6.07) is 23.2. The molecule has 1 aliphatic heterocycles. The fraction of sp³-hybridized carbons (Fsp3) is 0.100. The molecule has 4 amide bonds. The molecule has 1 saturated heterocycles. The molecule has 9 heteroatoms. The molecular weight excluding hydrogens is 631 g/mol. The molecule has 4 aromatic rings. The Balaban J connectivity index is 1.47. The van der Waals surface area contributed by atoms with Gasteiger partial charge in [-0.3, -0.25) is 14.9 Å². The summed E-state index contributed by atoms with van der Waals surface area (Å²) in [7, 11) is 0. The van der Waals surface area contributed by atoms with Crippen LogP contribution in [-0.4, -0.2) is 24.5 Å². The van der Waals surface area contributed by atoms with Gasteiger partial charge in [0.05, 0.1) is 20.9 Å². The lowest BCUT2D eigenvalue weighted by molar-refractivity contribution is -0.122. The zero-order chi connectivity index (χ0) is 27.5. The molecule has 0 spiro atoms. The molecule has 1 aliphatic rings. The summed E-state index contributed by atoms with van der Waals surface area (Å²) >= 11 is 8.36. The van der Waals surface area contributed by atoms with Gasteiger partial charge in [0.2, 0.25) is 0 Å². The van der Waals surface area contributed by atoms with E-state index in [9.17, 15) is 14.4 Å². The van der Waals surface area contributed by atoms with Crippen molar-refractivity contribution in [3.8, 4) is 11.5 Å². The van der Waals surface area contributed by atoms with E-state index in [2.05, 4.69) is 46.1 Å². The maximum absolute atomic E-state index is 13.3. The van der Waals surface area contributed by atoms with E-state index in [1.165, 1.54) is 12.1 Å². The summed E-state index contributed by atoms with van der Waals surface area (Å²) in [4.78, 5) is 39.3. The number of hydrogen-bond acceptors (Lipinski definition) is 5. The minimum atomic E-state index is -0.864. The highest BCUT2D eigenvalue weighted by Crippen LogP contribution is 2.36. The number of benzene rings is 4. The SMILES string of the molecule is CCOc1cc(/C=C2\C(=O)NC(=O)N(c3ccccc3Cl)C2=O)cc(I)c1OCc1cccc2ccccc12. The fourth-order valence-electron chi connectivity index (χ4n) is 4.32. The van der Waals surface area contributed by atoms with E-state index in [0.29, 0.717) is 30.3 Å². The molecule has 0 radical (unpaired) electrons. The highest BCUT2D eigenvalue weighted by Gasteiger charge is 2.37. The van der Waals surface area contributed by atoms with Crippen LogP contribution >= 0.6 is 34.2 Å². The Morgan fingerprint density at radius 1 is 0.949 bits per heavy atom. The van der Waals surface area contributed by atoms with E-state index < -0.39 is 17.8 Å². The highest BCUT2D eigenvalue weighted by molar-refractivity contribution is 14.1. The van der Waals surface area contributed by atoms with Gasteiger partial charge in [0.25, 0.3) is 11.8 Å². The molecule has 0 atom stereocenters. The first kappa shape index (κ1) is 26.7. The largest absolute Gasteiger partial charge is 0.490 e. The number of barbiturate groups is 1. The first-order valence-corrected chi connectivity index (χ1v) is 13.5. The molecule has 0 bridgehead atoms. The summed E-state index contributed by atoms with van der Waals surface area (Å²) in [5.74, 6) is -0.544. The van der Waals surface area contributed by atoms with Gasteiger partial charge in [0.15, 0.2) is 11.5 Å². The molecule has 1 N–H and O–H groups in total. The highest BCUT2D eigenvalue weighted by atomic mass is 127. The smallest absolute Gasteiger partial charge is 0.335 e. The Morgan fingerprint density at radius 3 is 2.49 bits per heavy atom. The van der Waals surface area contributed by atoms with Crippen molar-refractivity contribution < 1.29 is 23.9 Å². The third-order valence-corrected chi connectivity index (χ3v) is 7.21. The molecule has 0 saturated carbocycles. The molecule has 4 aromatic carbocycles. The van der Waals surface area contributed by atoms with Crippen LogP contribution in [0.2, 0.25) is 5.02 Å². The number of amides is 4. The van der Waals surface area contributed by atoms with Crippen LogP contribution in [0.25, 0.3) is 16.8 Å². The number of urea groups is 1. The van der Waals surface area contributed by atoms with Gasteiger partial charge in [-0.15, -0.1) is 0 Å². The maximum atomic E-state index is 13.3. The van der Waals surface area contributed by atoms with Crippen molar-refractivity contribution in [2.45, 2.75) is 13.5 Å². The maximum Gasteiger partial charge on any atom is 0.335 e. The standard InChI is InChI=1S/C30H22ClIN2O5/c1-2-38-26-16-18(14-22-28(35)33-30(37)34(29(22)36)25-13-6-5-12-23(25)31)15-24(32)27(26)39-17-20-10-7-9-19-8-3-4-11-21(19)20/h3-16H,2,17H2,1H3,(H,33,35,37)/b22-14+. The molecule has 0 aromatic heterocycles. The van der Waals surface area contributed by atoms with E-state index in [-0.39, 0.29) is 16.3 Å². The number of hydrogen-bond donors (Lipinski definition) is 1. The normalized spacial score (nSPS) is 14.6. The monoisotopic (exact) mass is 652 g/mol. The van der Waals surface area contributed by atoms with E-state index in [1.807, 2.05) is 31.2 Å². The summed E-state index contributed by atoms with van der Waals surface area (Å²) in [6.07, 6.45) is 1.42. The first-order chi connectivity index (χ1) is 18.9. The minimum Gasteiger partial charge on any atom is -0.490 e. The Kier molecular flexibility index (Phi) is 7.85. The van der Waals surface area contributed by atoms with E-state index >= 15 is 0 Å². The quantitative estimate of drug-likeness (QED) is 0.136. The topological polar surface area (TPSA) is 84.9 Å². The number of carbonyl (C=O) groups excluding carboxylic acids is 3. The number of halogens is 2. The summed E-state index contributed by atoms with van der Waals surface area (Å²) < 4.78 is 12.8. The number of rotatable bonds is 7. The number of para-hydroxylation sites is 1. The van der Waals surface area contributed by atoms with Crippen molar-refractivity contribution in [2.75, 3.05) is 11.5 Å². The predicted octanol–water partition coefficient (Wildman–Crippen LogP) is 6.74. The Hall–Kier alpha value is -3.89. The molecule has 1 fully saturated rings. The van der Waals surface area contributed by atoms with Crippen LogP contribution in [0.15, 0.2) is 84.4 Å². The third kappa shape index (κ3) is 5.48. The minimum absolute atomic E-state index is 0.182. The molecule has 7 nitrogen and oxygen atoms in total. The van der Waals surface area contributed by atoms with E-state index in [0.717, 1.165) is 24.8 Å². The van der Waals surface area contributed by atoms with Crippen molar-refractivity contribution in [2.24, 2.45) is 0 Å². The second-order valence-corrected chi connectivity index (χ2v) is 10.2. The average Bonchev–Trinajstić information content (AvgIpc) is 2.92. The van der Waals surface area contributed by atoms with E-state index in [4.69, 9.17) is 21.1 Å². The second kappa shape index (κ2) is 11.5. The van der Waals surface area contributed by atoms with Gasteiger partial charge < -0.3 is 9.47 Å². The molecule has 1 heterocycles. The first-order valence-electron chi connectivity index (χ1n) is 12.1. The van der Waals surface area contributed by atoms with Gasteiger partial charge in [-0.2, -0.15) is 0 Å². The van der Waals surface area contributed by atoms with Gasteiger partial charge >= 0.3 is 6.03 Å². The van der Waals surface area contributed by atoms with Crippen LogP contribution in [0.4, 0.5) is 10.5 Å². The summed E-state index contributed by atoms with van der Waals surface area (Å²) in [5.41, 5.74) is 1.54. The molecule has 0 unspecified atom stereocenters. The second-order valence-electron chi connectivity index (χ2n) is 8.60. The van der Waals surface area contributed by atoms with Gasteiger partial charge in [-0.1, -0.05) is 66.2 Å². The van der Waals surface area contributed by atoms with Crippen molar-refractivity contribution in [1.82, 2.24) is 5.32 Å². The average molecular weight is 653 g/mol. The number of nitrogens with zero attached hydrogens (tertiary/aromatic N) is 1. The third-order valence-electron chi connectivity index (χ3n) is 6.09. The molecular formula is C30H22ClIN2O5. The Labute approximate surface area is 243 Å². The Morgan fingerprint density at radius 2 is 1.69 bits per heavy atom. The number of imide groups is 2. The lowest BCUT2D eigenvalue weighted by Gasteiger charge is -2.27. The van der Waals surface area contributed by atoms with Crippen LogP contribution in [-0.2, 0) is 16.2 Å². The zero-order valence-corrected chi connectivity index (χ0v) is 23.7. The summed E-state index contributed by atoms with van der Waals surface area (Å²) in [6.45, 7) is 2.57. The zero-order valence-electron chi connectivity index (χ0n) is 20.7. The predicted molar refractivity (Wildman–Crippen MR) is 159 cm³/mol. The lowest BCUT2D eigenvalue weighted by Crippen LogP contribution is -2.54. The molecule has 0 aliphatic carbocycles. The van der Waals surface area contributed by atoms with Crippen LogP contribution < -0.4 is 19.7 Å². The van der Waals surface area contributed by atoms with Gasteiger partial charge in [-0.05, 0) is 81.8 Å². The number of fused-ring (bicyclic) bond motifs is 1. The van der Waals surface area contributed by atoms with Crippen LogP contribution in [0.5, 0.6) is 11.5 Å². The molecule has 196 valence electrons. The number of ether oxygens (including phenoxy) is 2. The van der Waals surface area contributed by atoms with E-state index in [1.54, 1.807) is 30.3 Å². The van der Waals surface area contributed by atoms with Gasteiger partial charge in [0, 0.05) is 0 Å². The number of anilines is 1. The van der Waals surface area contributed by atoms with Gasteiger partial charge in [-0.25, -0.2) is 9.69 Å². The Bertz CT molecular complexity index is 1650. The van der Waals surface area contributed by atoms with Crippen molar-refractivity contribution >= 4 is 74.6 Å². The lowest BCUT2D eigenvalue weighted by atomic mass is 10.1. The summed E-state index contributed by atoms with van der Waals surface area (Å²) in [5, 5.41) is 4.65.